The number of imidazole rings is 1. The van der Waals surface area contributed by atoms with Gasteiger partial charge in [0.15, 0.2) is 11.2 Å². The first-order chi connectivity index (χ1) is 21.2. The zero-order chi connectivity index (χ0) is 32.4. The molecule has 2 aromatic heterocycles. The highest BCUT2D eigenvalue weighted by Gasteiger charge is 2.42. The van der Waals surface area contributed by atoms with Gasteiger partial charge in [-0.15, -0.1) is 3.71 Å². The van der Waals surface area contributed by atoms with Gasteiger partial charge in [0, 0.05) is 44.4 Å². The van der Waals surface area contributed by atoms with E-state index in [0.717, 1.165) is 83.3 Å². The zero-order valence-corrected chi connectivity index (χ0v) is 25.2. The van der Waals surface area contributed by atoms with Gasteiger partial charge in [0.2, 0.25) is 5.95 Å². The molecule has 17 nitrogen and oxygen atoms in total. The van der Waals surface area contributed by atoms with E-state index >= 15 is 0 Å². The first-order valence-electron chi connectivity index (χ1n) is 13.7. The molecule has 45 heavy (non-hydrogen) atoms. The molecule has 0 saturated heterocycles. The summed E-state index contributed by atoms with van der Waals surface area (Å²) in [4.78, 5) is 51.1. The summed E-state index contributed by atoms with van der Waals surface area (Å²) in [5.41, 5.74) is -2.73. The lowest BCUT2D eigenvalue weighted by atomic mass is 10.3. The van der Waals surface area contributed by atoms with Crippen molar-refractivity contribution >= 4 is 48.5 Å². The van der Waals surface area contributed by atoms with Crippen LogP contribution in [0.2, 0.25) is 0 Å². The zero-order valence-electron chi connectivity index (χ0n) is 23.5. The Morgan fingerprint density at radius 3 is 1.60 bits per heavy atom. The van der Waals surface area contributed by atoms with Crippen LogP contribution in [-0.2, 0) is 40.2 Å². The van der Waals surface area contributed by atoms with Crippen molar-refractivity contribution in [1.29, 1.82) is 0 Å². The molecule has 0 radical (unpaired) electrons. The quantitative estimate of drug-likeness (QED) is 0.168. The van der Waals surface area contributed by atoms with Crippen molar-refractivity contribution in [1.82, 2.24) is 18.7 Å². The Bertz CT molecular complexity index is 2130. The van der Waals surface area contributed by atoms with Gasteiger partial charge in [-0.3, -0.25) is 34.2 Å². The predicted octanol–water partition coefficient (Wildman–Crippen LogP) is 2.12. The number of benzene rings is 2. The van der Waals surface area contributed by atoms with Crippen molar-refractivity contribution in [3.05, 3.63) is 89.6 Å². The van der Waals surface area contributed by atoms with Gasteiger partial charge < -0.3 is 4.57 Å². The molecule has 2 aliphatic rings. The van der Waals surface area contributed by atoms with Crippen molar-refractivity contribution in [3.63, 3.8) is 0 Å². The number of anilines is 1. The molecule has 19 heteroatoms. The Morgan fingerprint density at radius 2 is 1.20 bits per heavy atom. The average molecular weight is 660 g/mol. The van der Waals surface area contributed by atoms with E-state index in [1.165, 1.54) is 11.6 Å². The van der Waals surface area contributed by atoms with Crippen LogP contribution < -0.4 is 15.0 Å². The Hall–Kier alpha value is -4.91. The lowest BCUT2D eigenvalue weighted by Gasteiger charge is -2.23. The molecule has 4 aromatic rings. The molecule has 2 fully saturated rings. The molecule has 0 atom stereocenters. The average Bonchev–Trinajstić information content (AvgIpc) is 3.93. The van der Waals surface area contributed by atoms with Crippen LogP contribution in [0.5, 0.6) is 0 Å². The Balaban J connectivity index is 1.62. The van der Waals surface area contributed by atoms with Crippen molar-refractivity contribution < 1.29 is 26.7 Å². The molecule has 2 heterocycles. The minimum atomic E-state index is -5.16. The fourth-order valence-corrected chi connectivity index (χ4v) is 8.62. The van der Waals surface area contributed by atoms with Crippen LogP contribution in [0.15, 0.2) is 67.9 Å². The topological polar surface area (TPSA) is 220 Å². The fraction of sp³-hybridized carbons (Fsp3) is 0.346. The molecule has 2 aliphatic carbocycles. The first kappa shape index (κ1) is 30.1. The molecule has 2 saturated carbocycles. The summed E-state index contributed by atoms with van der Waals surface area (Å²) in [6, 6.07) is 6.90. The Labute approximate surface area is 254 Å². The predicted molar refractivity (Wildman–Crippen MR) is 158 cm³/mol. The molecule has 0 amide bonds. The van der Waals surface area contributed by atoms with Crippen molar-refractivity contribution in [2.24, 2.45) is 18.9 Å². The van der Waals surface area contributed by atoms with E-state index in [1.54, 1.807) is 0 Å². The van der Waals surface area contributed by atoms with Crippen molar-refractivity contribution in [2.45, 2.75) is 48.6 Å². The fourth-order valence-electron chi connectivity index (χ4n) is 4.97. The van der Waals surface area contributed by atoms with Crippen LogP contribution in [0.3, 0.4) is 0 Å². The molecule has 0 aliphatic heterocycles. The molecule has 0 N–H and O–H groups in total. The molecular weight excluding hydrogens is 634 g/mol. The number of nitrogens with zero attached hydrogens (tertiary/aromatic N) is 7. The number of nitro benzene ring substituents is 2. The summed E-state index contributed by atoms with van der Waals surface area (Å²) in [6.45, 7) is 0.325. The van der Waals surface area contributed by atoms with Gasteiger partial charge in [-0.2, -0.15) is 21.8 Å². The Kier molecular flexibility index (Phi) is 7.11. The number of fused-ring (bicyclic) bond motifs is 1. The molecule has 0 unspecified atom stereocenters. The third-order valence-electron chi connectivity index (χ3n) is 7.78. The summed E-state index contributed by atoms with van der Waals surface area (Å²) < 4.78 is 59.9. The number of sulfonamides is 2. The largest absolute Gasteiger partial charge is 0.332 e. The molecule has 0 spiro atoms. The molecule has 0 bridgehead atoms. The van der Waals surface area contributed by atoms with Gasteiger partial charge in [-0.1, -0.05) is 0 Å². The van der Waals surface area contributed by atoms with E-state index in [2.05, 4.69) is 4.98 Å². The highest BCUT2D eigenvalue weighted by atomic mass is 32.3. The third-order valence-corrected chi connectivity index (χ3v) is 11.9. The monoisotopic (exact) mass is 659 g/mol. The van der Waals surface area contributed by atoms with Crippen molar-refractivity contribution in [2.75, 3.05) is 3.71 Å². The second-order valence-electron chi connectivity index (χ2n) is 11.0. The first-order valence-corrected chi connectivity index (χ1v) is 16.6. The molecule has 6 rings (SSSR count). The standard InChI is InChI=1S/C26H25N7O10S2/c1-28-22-23(29(14-16-2-3-16)26(35)30(24(22)34)15-17-4-5-17)27-25(28)33(44(40,41)20-10-6-18(7-11-20)31(36)37)45(42,43)21-12-8-19(9-13-21)32(38)39/h6-13,16-17H,2-5,14-15H2,1H3. The van der Waals surface area contributed by atoms with Crippen LogP contribution in [0.25, 0.3) is 11.2 Å². The van der Waals surface area contributed by atoms with E-state index in [4.69, 9.17) is 0 Å². The SMILES string of the molecule is Cn1c(N(S(=O)(=O)c2ccc([N+](=O)[O-])cc2)S(=O)(=O)c2ccc([N+](=O)[O-])cc2)nc2c1c(=O)n(CC1CC1)c(=O)n2CC1CC1. The van der Waals surface area contributed by atoms with E-state index in [1.807, 2.05) is 0 Å². The van der Waals surface area contributed by atoms with Crippen LogP contribution in [0, 0.1) is 32.1 Å². The van der Waals surface area contributed by atoms with E-state index < -0.39 is 68.3 Å². The smallest absolute Gasteiger partial charge is 0.306 e. The molecular formula is C26H25N7O10S2. The summed E-state index contributed by atoms with van der Waals surface area (Å²) >= 11 is 0. The maximum absolute atomic E-state index is 14.1. The lowest BCUT2D eigenvalue weighted by molar-refractivity contribution is -0.385. The number of rotatable bonds is 11. The lowest BCUT2D eigenvalue weighted by Crippen LogP contribution is -2.41. The second kappa shape index (κ2) is 10.6. The van der Waals surface area contributed by atoms with Gasteiger partial charge >= 0.3 is 5.69 Å². The van der Waals surface area contributed by atoms with Gasteiger partial charge in [0.25, 0.3) is 37.0 Å². The number of aromatic nitrogens is 4. The van der Waals surface area contributed by atoms with Gasteiger partial charge in [0.05, 0.1) is 19.6 Å². The third kappa shape index (κ3) is 5.26. The summed E-state index contributed by atoms with van der Waals surface area (Å²) in [6.07, 6.45) is 3.31. The molecule has 236 valence electrons. The number of non-ortho nitro benzene ring substituents is 2. The maximum Gasteiger partial charge on any atom is 0.332 e. The number of nitro groups is 2. The van der Waals surface area contributed by atoms with Gasteiger partial charge in [-0.05, 0) is 61.8 Å². The summed E-state index contributed by atoms with van der Waals surface area (Å²) in [5.74, 6) is -0.518. The minimum Gasteiger partial charge on any atom is -0.306 e. The van der Waals surface area contributed by atoms with Crippen LogP contribution >= 0.6 is 0 Å². The van der Waals surface area contributed by atoms with E-state index in [0.29, 0.717) is 0 Å². The Morgan fingerprint density at radius 1 is 0.778 bits per heavy atom. The van der Waals surface area contributed by atoms with Gasteiger partial charge in [-0.25, -0.2) is 4.79 Å². The second-order valence-corrected chi connectivity index (χ2v) is 14.9. The number of hydrogen-bond donors (Lipinski definition) is 0. The van der Waals surface area contributed by atoms with E-state index in [-0.39, 0.29) is 39.8 Å². The summed E-state index contributed by atoms with van der Waals surface area (Å²) in [7, 11) is -9.07. The highest BCUT2D eigenvalue weighted by Crippen LogP contribution is 2.35. The van der Waals surface area contributed by atoms with Crippen LogP contribution in [0.4, 0.5) is 17.3 Å². The maximum atomic E-state index is 14.1. The van der Waals surface area contributed by atoms with Gasteiger partial charge in [0.1, 0.15) is 0 Å². The van der Waals surface area contributed by atoms with Crippen LogP contribution in [-0.4, -0.2) is 45.4 Å². The van der Waals surface area contributed by atoms with Crippen LogP contribution in [0.1, 0.15) is 25.7 Å². The molecule has 2 aromatic carbocycles. The highest BCUT2D eigenvalue weighted by molar-refractivity contribution is 8.10. The number of aryl methyl sites for hydroxylation is 1. The minimum absolute atomic E-state index is 0.0288. The number of hydrogen-bond acceptors (Lipinski definition) is 11. The summed E-state index contributed by atoms with van der Waals surface area (Å²) in [5, 5.41) is 22.4. The normalized spacial score (nSPS) is 15.3. The van der Waals surface area contributed by atoms with E-state index in [9.17, 15) is 46.7 Å². The van der Waals surface area contributed by atoms with Crippen molar-refractivity contribution in [3.8, 4) is 0 Å².